The third kappa shape index (κ3) is 2.57. The van der Waals surface area contributed by atoms with Gasteiger partial charge in [-0.15, -0.1) is 0 Å². The number of aryl methyl sites for hydroxylation is 1. The zero-order valence-electron chi connectivity index (χ0n) is 10.2. The van der Waals surface area contributed by atoms with Gasteiger partial charge in [0.05, 0.1) is 6.04 Å². The lowest BCUT2D eigenvalue weighted by Crippen LogP contribution is -2.12. The van der Waals surface area contributed by atoms with E-state index in [-0.39, 0.29) is 0 Å². The first kappa shape index (κ1) is 12.7. The van der Waals surface area contributed by atoms with Crippen LogP contribution in [0.3, 0.4) is 0 Å². The van der Waals surface area contributed by atoms with Gasteiger partial charge in [0.2, 0.25) is 0 Å². The minimum atomic E-state index is -0.867. The van der Waals surface area contributed by atoms with Crippen molar-refractivity contribution in [1.29, 1.82) is 0 Å². The molecule has 2 rings (SSSR count). The summed E-state index contributed by atoms with van der Waals surface area (Å²) in [6, 6.07) is 11.2. The Morgan fingerprint density at radius 2 is 1.56 bits per heavy atom. The maximum atomic E-state index is 13.1. The smallest absolute Gasteiger partial charge is 0.159 e. The summed E-state index contributed by atoms with van der Waals surface area (Å²) >= 11 is 0. The molecule has 2 aromatic carbocycles. The largest absolute Gasteiger partial charge is 0.320 e. The molecule has 0 aliphatic carbocycles. The van der Waals surface area contributed by atoms with Gasteiger partial charge in [-0.3, -0.25) is 0 Å². The molecule has 1 unspecified atom stereocenters. The molecular formula is C15H15F2N. The van der Waals surface area contributed by atoms with Gasteiger partial charge in [-0.1, -0.05) is 37.3 Å². The molecule has 0 bridgehead atoms. The van der Waals surface area contributed by atoms with Crippen LogP contribution in [-0.4, -0.2) is 0 Å². The number of hydrogen-bond acceptors (Lipinski definition) is 1. The van der Waals surface area contributed by atoms with Crippen LogP contribution >= 0.6 is 0 Å². The molecule has 2 aromatic rings. The van der Waals surface area contributed by atoms with Crippen LogP contribution in [0.5, 0.6) is 0 Å². The lowest BCUT2D eigenvalue weighted by atomic mass is 9.98. The molecule has 1 nitrogen and oxygen atoms in total. The predicted molar refractivity (Wildman–Crippen MR) is 68.2 cm³/mol. The van der Waals surface area contributed by atoms with Crippen molar-refractivity contribution in [3.8, 4) is 0 Å². The van der Waals surface area contributed by atoms with Crippen LogP contribution in [0.4, 0.5) is 8.78 Å². The van der Waals surface area contributed by atoms with Crippen molar-refractivity contribution in [3.05, 3.63) is 70.8 Å². The van der Waals surface area contributed by atoms with Crippen LogP contribution in [0.15, 0.2) is 42.5 Å². The van der Waals surface area contributed by atoms with E-state index in [1.807, 2.05) is 24.3 Å². The van der Waals surface area contributed by atoms with Gasteiger partial charge >= 0.3 is 0 Å². The molecule has 0 fully saturated rings. The molecule has 3 heteroatoms. The quantitative estimate of drug-likeness (QED) is 0.881. The zero-order chi connectivity index (χ0) is 13.1. The van der Waals surface area contributed by atoms with Gasteiger partial charge in [0.15, 0.2) is 11.6 Å². The summed E-state index contributed by atoms with van der Waals surface area (Å²) in [5.41, 5.74) is 8.71. The molecule has 0 radical (unpaired) electrons. The summed E-state index contributed by atoms with van der Waals surface area (Å²) in [4.78, 5) is 0. The third-order valence-electron chi connectivity index (χ3n) is 3.05. The van der Waals surface area contributed by atoms with Crippen molar-refractivity contribution in [2.45, 2.75) is 19.4 Å². The van der Waals surface area contributed by atoms with Crippen LogP contribution in [0.2, 0.25) is 0 Å². The Bertz CT molecular complexity index is 535. The number of hydrogen-bond donors (Lipinski definition) is 1. The standard InChI is InChI=1S/C15H15F2N/c1-2-10-3-5-11(6-4-10)15(18)12-7-8-13(16)14(17)9-12/h3-9,15H,2,18H2,1H3. The van der Waals surface area contributed by atoms with Crippen LogP contribution in [0.25, 0.3) is 0 Å². The summed E-state index contributed by atoms with van der Waals surface area (Å²) in [5.74, 6) is -1.72. The molecule has 1 atom stereocenters. The van der Waals surface area contributed by atoms with E-state index in [1.54, 1.807) is 0 Å². The molecule has 0 amide bonds. The Morgan fingerprint density at radius 1 is 0.944 bits per heavy atom. The average Bonchev–Trinajstić information content (AvgIpc) is 2.41. The minimum absolute atomic E-state index is 0.439. The average molecular weight is 247 g/mol. The number of halogens is 2. The molecule has 0 saturated heterocycles. The van der Waals surface area contributed by atoms with Crippen molar-refractivity contribution in [3.63, 3.8) is 0 Å². The minimum Gasteiger partial charge on any atom is -0.320 e. The Morgan fingerprint density at radius 3 is 2.11 bits per heavy atom. The lowest BCUT2D eigenvalue weighted by Gasteiger charge is -2.13. The van der Waals surface area contributed by atoms with Gasteiger partial charge in [0.25, 0.3) is 0 Å². The van der Waals surface area contributed by atoms with Gasteiger partial charge in [-0.2, -0.15) is 0 Å². The maximum absolute atomic E-state index is 13.1. The second kappa shape index (κ2) is 5.27. The zero-order valence-corrected chi connectivity index (χ0v) is 10.2. The Labute approximate surface area is 105 Å². The lowest BCUT2D eigenvalue weighted by molar-refractivity contribution is 0.506. The van der Waals surface area contributed by atoms with Crippen molar-refractivity contribution in [1.82, 2.24) is 0 Å². The summed E-state index contributed by atoms with van der Waals surface area (Å²) in [7, 11) is 0. The molecule has 18 heavy (non-hydrogen) atoms. The third-order valence-corrected chi connectivity index (χ3v) is 3.05. The highest BCUT2D eigenvalue weighted by atomic mass is 19.2. The first-order valence-electron chi connectivity index (χ1n) is 5.91. The van der Waals surface area contributed by atoms with Crippen molar-refractivity contribution in [2.75, 3.05) is 0 Å². The van der Waals surface area contributed by atoms with Crippen LogP contribution in [0, 0.1) is 11.6 Å². The summed E-state index contributed by atoms with van der Waals surface area (Å²) in [6.07, 6.45) is 0.959. The maximum Gasteiger partial charge on any atom is 0.159 e. The summed E-state index contributed by atoms with van der Waals surface area (Å²) in [6.45, 7) is 2.07. The highest BCUT2D eigenvalue weighted by molar-refractivity contribution is 5.33. The van der Waals surface area contributed by atoms with Crippen molar-refractivity contribution in [2.24, 2.45) is 5.73 Å². The Balaban J connectivity index is 2.28. The molecular weight excluding hydrogens is 232 g/mol. The summed E-state index contributed by atoms with van der Waals surface area (Å²) < 4.78 is 26.0. The fourth-order valence-electron chi connectivity index (χ4n) is 1.86. The van der Waals surface area contributed by atoms with Gasteiger partial charge in [-0.25, -0.2) is 8.78 Å². The number of nitrogens with two attached hydrogens (primary N) is 1. The fraction of sp³-hybridized carbons (Fsp3) is 0.200. The van der Waals surface area contributed by atoms with Crippen molar-refractivity contribution < 1.29 is 8.78 Å². The highest BCUT2D eigenvalue weighted by Crippen LogP contribution is 2.21. The first-order valence-corrected chi connectivity index (χ1v) is 5.91. The number of rotatable bonds is 3. The molecule has 0 heterocycles. The number of benzene rings is 2. The van der Waals surface area contributed by atoms with E-state index in [9.17, 15) is 8.78 Å². The summed E-state index contributed by atoms with van der Waals surface area (Å²) in [5, 5.41) is 0. The normalized spacial score (nSPS) is 12.4. The van der Waals surface area contributed by atoms with Crippen LogP contribution in [-0.2, 0) is 6.42 Å². The molecule has 94 valence electrons. The predicted octanol–water partition coefficient (Wildman–Crippen LogP) is 3.58. The second-order valence-corrected chi connectivity index (χ2v) is 4.25. The highest BCUT2D eigenvalue weighted by Gasteiger charge is 2.11. The van der Waals surface area contributed by atoms with Crippen LogP contribution in [0.1, 0.15) is 29.7 Å². The molecule has 0 aliphatic rings. The molecule has 0 spiro atoms. The van der Waals surface area contributed by atoms with Gasteiger partial charge < -0.3 is 5.73 Å². The Hall–Kier alpha value is -1.74. The van der Waals surface area contributed by atoms with E-state index in [2.05, 4.69) is 6.92 Å². The molecule has 0 aromatic heterocycles. The molecule has 0 aliphatic heterocycles. The second-order valence-electron chi connectivity index (χ2n) is 4.25. The van der Waals surface area contributed by atoms with Gasteiger partial charge in [0, 0.05) is 0 Å². The van der Waals surface area contributed by atoms with Crippen molar-refractivity contribution >= 4 is 0 Å². The van der Waals surface area contributed by atoms with E-state index in [1.165, 1.54) is 11.6 Å². The Kier molecular flexibility index (Phi) is 3.72. The van der Waals surface area contributed by atoms with Gasteiger partial charge in [-0.05, 0) is 35.2 Å². The van der Waals surface area contributed by atoms with Crippen LogP contribution < -0.4 is 5.73 Å². The topological polar surface area (TPSA) is 26.0 Å². The molecule has 2 N–H and O–H groups in total. The SMILES string of the molecule is CCc1ccc(C(N)c2ccc(F)c(F)c2)cc1. The van der Waals surface area contributed by atoms with E-state index in [4.69, 9.17) is 5.73 Å². The fourth-order valence-corrected chi connectivity index (χ4v) is 1.86. The van der Waals surface area contributed by atoms with Gasteiger partial charge in [0.1, 0.15) is 0 Å². The van der Waals surface area contributed by atoms with E-state index in [0.717, 1.165) is 24.1 Å². The van der Waals surface area contributed by atoms with E-state index >= 15 is 0 Å². The van der Waals surface area contributed by atoms with E-state index < -0.39 is 17.7 Å². The van der Waals surface area contributed by atoms with E-state index in [0.29, 0.717) is 5.56 Å². The first-order chi connectivity index (χ1) is 8.61. The monoisotopic (exact) mass is 247 g/mol. The molecule has 0 saturated carbocycles.